The molecule has 20 heavy (non-hydrogen) atoms. The van der Waals surface area contributed by atoms with Gasteiger partial charge in [-0.05, 0) is 37.6 Å². The molecule has 0 aliphatic carbocycles. The van der Waals surface area contributed by atoms with E-state index in [0.717, 1.165) is 33.5 Å². The normalized spacial score (nSPS) is 11.7. The number of aromatic amines is 1. The lowest BCUT2D eigenvalue weighted by atomic mass is 10.1. The number of aromatic nitrogens is 3. The van der Waals surface area contributed by atoms with Gasteiger partial charge in [0.25, 0.3) is 5.56 Å². The maximum Gasteiger partial charge on any atom is 0.257 e. The summed E-state index contributed by atoms with van der Waals surface area (Å²) < 4.78 is 2.00. The summed E-state index contributed by atoms with van der Waals surface area (Å²) in [7, 11) is 0. The number of pyridine rings is 2. The van der Waals surface area contributed by atoms with Crippen molar-refractivity contribution in [1.82, 2.24) is 14.4 Å². The molecule has 4 rings (SSSR count). The predicted octanol–water partition coefficient (Wildman–Crippen LogP) is 2.95. The van der Waals surface area contributed by atoms with Crippen molar-refractivity contribution in [2.75, 3.05) is 0 Å². The van der Waals surface area contributed by atoms with Gasteiger partial charge >= 0.3 is 0 Å². The van der Waals surface area contributed by atoms with Gasteiger partial charge in [0.15, 0.2) is 0 Å². The highest BCUT2D eigenvalue weighted by atomic mass is 16.1. The third kappa shape index (κ3) is 1.36. The Hall–Kier alpha value is -2.62. The molecule has 1 aromatic carbocycles. The lowest BCUT2D eigenvalue weighted by molar-refractivity contribution is 1.08. The fraction of sp³-hybridized carbons (Fsp3) is 0.125. The number of nitrogens with zero attached hydrogens (tertiary/aromatic N) is 2. The SMILES string of the molecule is Cc1cc(C)n2c(c1)nc1c3ccccc3c(=O)[nH]c12. The third-order valence-electron chi connectivity index (χ3n) is 3.71. The molecule has 0 spiro atoms. The Kier molecular flexibility index (Phi) is 2.07. The largest absolute Gasteiger partial charge is 0.306 e. The topological polar surface area (TPSA) is 50.2 Å². The number of rotatable bonds is 0. The van der Waals surface area contributed by atoms with Gasteiger partial charge in [-0.2, -0.15) is 0 Å². The van der Waals surface area contributed by atoms with E-state index in [1.165, 1.54) is 0 Å². The van der Waals surface area contributed by atoms with E-state index in [-0.39, 0.29) is 5.56 Å². The first-order valence-electron chi connectivity index (χ1n) is 6.55. The standard InChI is InChI=1S/C16H13N3O/c1-9-7-10(2)19-13(8-9)17-14-11-5-3-4-6-12(11)16(20)18-15(14)19/h3-8H,1-2H3,(H,18,20). The molecule has 4 heteroatoms. The molecule has 0 radical (unpaired) electrons. The van der Waals surface area contributed by atoms with E-state index in [1.54, 1.807) is 0 Å². The minimum absolute atomic E-state index is 0.0742. The van der Waals surface area contributed by atoms with Crippen LogP contribution in [0.2, 0.25) is 0 Å². The van der Waals surface area contributed by atoms with E-state index in [9.17, 15) is 4.79 Å². The molecular weight excluding hydrogens is 250 g/mol. The Morgan fingerprint density at radius 2 is 1.85 bits per heavy atom. The molecule has 0 saturated heterocycles. The highest BCUT2D eigenvalue weighted by molar-refractivity contribution is 6.03. The highest BCUT2D eigenvalue weighted by Crippen LogP contribution is 2.23. The monoisotopic (exact) mass is 263 g/mol. The number of fused-ring (bicyclic) bond motifs is 5. The van der Waals surface area contributed by atoms with Crippen molar-refractivity contribution in [2.24, 2.45) is 0 Å². The van der Waals surface area contributed by atoms with Crippen LogP contribution in [0.4, 0.5) is 0 Å². The molecule has 98 valence electrons. The fourth-order valence-corrected chi connectivity index (χ4v) is 2.90. The van der Waals surface area contributed by atoms with Crippen LogP contribution in [0.5, 0.6) is 0 Å². The lowest BCUT2D eigenvalue weighted by Crippen LogP contribution is -2.07. The minimum atomic E-state index is -0.0742. The molecule has 4 nitrogen and oxygen atoms in total. The summed E-state index contributed by atoms with van der Waals surface area (Å²) in [6.07, 6.45) is 0. The first-order valence-corrected chi connectivity index (χ1v) is 6.55. The van der Waals surface area contributed by atoms with Crippen molar-refractivity contribution < 1.29 is 0 Å². The molecule has 0 saturated carbocycles. The molecule has 0 bridgehead atoms. The van der Waals surface area contributed by atoms with Crippen LogP contribution >= 0.6 is 0 Å². The van der Waals surface area contributed by atoms with Crippen LogP contribution in [0.15, 0.2) is 41.2 Å². The van der Waals surface area contributed by atoms with Crippen molar-refractivity contribution in [3.63, 3.8) is 0 Å². The van der Waals surface area contributed by atoms with Crippen LogP contribution < -0.4 is 5.56 Å². The average Bonchev–Trinajstić information content (AvgIpc) is 2.77. The van der Waals surface area contributed by atoms with Gasteiger partial charge in [-0.3, -0.25) is 9.20 Å². The second kappa shape index (κ2) is 3.70. The number of aryl methyl sites for hydroxylation is 2. The van der Waals surface area contributed by atoms with Crippen molar-refractivity contribution >= 4 is 27.6 Å². The molecule has 0 amide bonds. The quantitative estimate of drug-likeness (QED) is 0.530. The smallest absolute Gasteiger partial charge is 0.257 e. The second-order valence-electron chi connectivity index (χ2n) is 5.18. The van der Waals surface area contributed by atoms with E-state index < -0.39 is 0 Å². The van der Waals surface area contributed by atoms with Gasteiger partial charge in [0.05, 0.1) is 0 Å². The van der Waals surface area contributed by atoms with E-state index in [0.29, 0.717) is 5.39 Å². The van der Waals surface area contributed by atoms with E-state index in [4.69, 9.17) is 4.98 Å². The number of H-pyrrole nitrogens is 1. The zero-order valence-corrected chi connectivity index (χ0v) is 11.3. The van der Waals surface area contributed by atoms with Crippen molar-refractivity contribution in [1.29, 1.82) is 0 Å². The lowest BCUT2D eigenvalue weighted by Gasteiger charge is -2.03. The van der Waals surface area contributed by atoms with Crippen LogP contribution in [0.25, 0.3) is 27.6 Å². The first-order chi connectivity index (χ1) is 9.65. The predicted molar refractivity (Wildman–Crippen MR) is 80.3 cm³/mol. The number of nitrogens with one attached hydrogen (secondary N) is 1. The van der Waals surface area contributed by atoms with E-state index in [1.807, 2.05) is 48.6 Å². The maximum atomic E-state index is 12.2. The van der Waals surface area contributed by atoms with Crippen LogP contribution in [0, 0.1) is 13.8 Å². The minimum Gasteiger partial charge on any atom is -0.306 e. The molecule has 0 atom stereocenters. The fourth-order valence-electron chi connectivity index (χ4n) is 2.90. The number of hydrogen-bond donors (Lipinski definition) is 1. The second-order valence-corrected chi connectivity index (χ2v) is 5.18. The molecule has 4 aromatic rings. The Labute approximate surface area is 114 Å². The number of hydrogen-bond acceptors (Lipinski definition) is 2. The summed E-state index contributed by atoms with van der Waals surface area (Å²) >= 11 is 0. The average molecular weight is 263 g/mol. The number of benzene rings is 1. The van der Waals surface area contributed by atoms with Crippen LogP contribution in [0.3, 0.4) is 0 Å². The third-order valence-corrected chi connectivity index (χ3v) is 3.71. The highest BCUT2D eigenvalue weighted by Gasteiger charge is 2.12. The molecule has 0 unspecified atom stereocenters. The Bertz CT molecular complexity index is 1040. The molecule has 0 fully saturated rings. The Morgan fingerprint density at radius 3 is 2.65 bits per heavy atom. The zero-order valence-electron chi connectivity index (χ0n) is 11.3. The summed E-state index contributed by atoms with van der Waals surface area (Å²) in [5.74, 6) is 0. The summed E-state index contributed by atoms with van der Waals surface area (Å²) in [6.45, 7) is 4.07. The molecule has 0 aliphatic rings. The summed E-state index contributed by atoms with van der Waals surface area (Å²) in [6, 6.07) is 11.7. The zero-order chi connectivity index (χ0) is 13.9. The Balaban J connectivity index is 2.37. The van der Waals surface area contributed by atoms with Crippen molar-refractivity contribution in [2.45, 2.75) is 13.8 Å². The van der Waals surface area contributed by atoms with Gasteiger partial charge in [-0.1, -0.05) is 18.2 Å². The first kappa shape index (κ1) is 11.2. The number of imidazole rings is 1. The maximum absolute atomic E-state index is 12.2. The molecule has 1 N–H and O–H groups in total. The van der Waals surface area contributed by atoms with Gasteiger partial charge in [0.1, 0.15) is 16.8 Å². The van der Waals surface area contributed by atoms with Gasteiger partial charge in [0, 0.05) is 16.5 Å². The van der Waals surface area contributed by atoms with Gasteiger partial charge < -0.3 is 4.98 Å². The van der Waals surface area contributed by atoms with Crippen molar-refractivity contribution in [3.05, 3.63) is 58.0 Å². The van der Waals surface area contributed by atoms with Gasteiger partial charge in [0.2, 0.25) is 0 Å². The molecule has 3 aromatic heterocycles. The summed E-state index contributed by atoms with van der Waals surface area (Å²) in [5, 5.41) is 1.57. The van der Waals surface area contributed by atoms with E-state index in [2.05, 4.69) is 11.1 Å². The summed E-state index contributed by atoms with van der Waals surface area (Å²) in [5.41, 5.74) is 4.62. The molecular formula is C16H13N3O. The Morgan fingerprint density at radius 1 is 1.10 bits per heavy atom. The van der Waals surface area contributed by atoms with Gasteiger partial charge in [-0.25, -0.2) is 4.98 Å². The molecule has 0 aliphatic heterocycles. The van der Waals surface area contributed by atoms with Crippen LogP contribution in [0.1, 0.15) is 11.3 Å². The van der Waals surface area contributed by atoms with E-state index >= 15 is 0 Å². The van der Waals surface area contributed by atoms with Gasteiger partial charge in [-0.15, -0.1) is 0 Å². The van der Waals surface area contributed by atoms with Crippen LogP contribution in [-0.2, 0) is 0 Å². The van der Waals surface area contributed by atoms with Crippen LogP contribution in [-0.4, -0.2) is 14.4 Å². The molecule has 3 heterocycles. The van der Waals surface area contributed by atoms with Crippen molar-refractivity contribution in [3.8, 4) is 0 Å². The summed E-state index contributed by atoms with van der Waals surface area (Å²) in [4.78, 5) is 19.9.